The second-order valence-corrected chi connectivity index (χ2v) is 6.86. The Morgan fingerprint density at radius 1 is 1.44 bits per heavy atom. The zero-order valence-electron chi connectivity index (χ0n) is 11.8. The van der Waals surface area contributed by atoms with Crippen LogP contribution in [0.5, 0.6) is 0 Å². The van der Waals surface area contributed by atoms with Gasteiger partial charge in [0, 0.05) is 20.6 Å². The van der Waals surface area contributed by atoms with Gasteiger partial charge in [0.1, 0.15) is 0 Å². The maximum Gasteiger partial charge on any atom is 0.236 e. The molecule has 1 aliphatic rings. The van der Waals surface area contributed by atoms with E-state index in [0.29, 0.717) is 6.54 Å². The van der Waals surface area contributed by atoms with Gasteiger partial charge in [-0.25, -0.2) is 10.9 Å². The Morgan fingerprint density at radius 3 is 2.89 bits per heavy atom. The van der Waals surface area contributed by atoms with Gasteiger partial charge in [-0.2, -0.15) is 0 Å². The van der Waals surface area contributed by atoms with Crippen LogP contribution in [0.1, 0.15) is 26.2 Å². The predicted octanol–water partition coefficient (Wildman–Crippen LogP) is 2.27. The van der Waals surface area contributed by atoms with E-state index in [4.69, 9.17) is 0 Å². The Labute approximate surface area is 114 Å². The van der Waals surface area contributed by atoms with E-state index in [-0.39, 0.29) is 16.8 Å². The summed E-state index contributed by atoms with van der Waals surface area (Å²) in [5.74, 6) is 1.28. The molecule has 1 rings (SSSR count). The van der Waals surface area contributed by atoms with Crippen molar-refractivity contribution in [3.05, 3.63) is 22.5 Å². The number of amides is 1. The van der Waals surface area contributed by atoms with E-state index in [0.717, 1.165) is 12.3 Å². The van der Waals surface area contributed by atoms with Crippen LogP contribution in [-0.2, 0) is 4.79 Å². The number of allylic oxidation sites excluding steroid dienone is 2. The zero-order chi connectivity index (χ0) is 13.4. The fourth-order valence-electron chi connectivity index (χ4n) is 1.72. The molecule has 0 aliphatic carbocycles. The first-order valence-corrected chi connectivity index (χ1v) is 8.35. The summed E-state index contributed by atoms with van der Waals surface area (Å²) < 4.78 is 0. The lowest BCUT2D eigenvalue weighted by Crippen LogP contribution is -2.34. The van der Waals surface area contributed by atoms with E-state index in [1.54, 1.807) is 19.0 Å². The summed E-state index contributed by atoms with van der Waals surface area (Å²) in [6, 6.07) is 0. The Bertz CT molecular complexity index is 324. The molecule has 0 spiro atoms. The first-order valence-electron chi connectivity index (χ1n) is 6.69. The van der Waals surface area contributed by atoms with E-state index >= 15 is 0 Å². The minimum Gasteiger partial charge on any atom is -0.348 e. The maximum atomic E-state index is 11.4. The van der Waals surface area contributed by atoms with Gasteiger partial charge >= 0.3 is 0 Å². The predicted molar refractivity (Wildman–Crippen MR) is 82.2 cm³/mol. The van der Waals surface area contributed by atoms with Gasteiger partial charge in [-0.1, -0.05) is 19.4 Å². The fraction of sp³-hybridized carbons (Fsp3) is 0.643. The van der Waals surface area contributed by atoms with Crippen molar-refractivity contribution in [1.29, 1.82) is 0 Å². The number of likely N-dealkylation sites (N-methyl/N-ethyl adjacent to an activating group) is 1. The number of rotatable bonds is 8. The molecule has 4 heteroatoms. The van der Waals surface area contributed by atoms with E-state index in [2.05, 4.69) is 29.1 Å². The van der Waals surface area contributed by atoms with Crippen LogP contribution >= 0.6 is 10.9 Å². The summed E-state index contributed by atoms with van der Waals surface area (Å²) in [6.45, 7) is 3.60. The van der Waals surface area contributed by atoms with Crippen LogP contribution in [0.3, 0.4) is 0 Å². The quantitative estimate of drug-likeness (QED) is 0.524. The number of hydrogen-bond acceptors (Lipinski definition) is 2. The normalized spacial score (nSPS) is 19.9. The molecule has 0 aromatic carbocycles. The lowest BCUT2D eigenvalue weighted by Gasteiger charge is -2.13. The third kappa shape index (κ3) is 5.74. The largest absolute Gasteiger partial charge is 0.348 e. The molecule has 0 saturated heterocycles. The van der Waals surface area contributed by atoms with Crippen molar-refractivity contribution < 1.29 is 4.79 Å². The monoisotopic (exact) mass is 270 g/mol. The first kappa shape index (κ1) is 15.3. The van der Waals surface area contributed by atoms with E-state index in [1.165, 1.54) is 24.8 Å². The number of nitrogens with zero attached hydrogens (tertiary/aromatic N) is 1. The van der Waals surface area contributed by atoms with Crippen molar-refractivity contribution in [2.75, 3.05) is 32.9 Å². The number of thiol groups is 1. The molecule has 0 radical (unpaired) electrons. The zero-order valence-corrected chi connectivity index (χ0v) is 12.7. The molecular weight excluding hydrogens is 244 g/mol. The Morgan fingerprint density at radius 2 is 2.22 bits per heavy atom. The highest BCUT2D eigenvalue weighted by Gasteiger charge is 2.06. The minimum absolute atomic E-state index is 0.0772. The Kier molecular flexibility index (Phi) is 7.13. The van der Waals surface area contributed by atoms with Gasteiger partial charge in [-0.3, -0.25) is 4.79 Å². The molecule has 104 valence electrons. The molecule has 0 bridgehead atoms. The van der Waals surface area contributed by atoms with Crippen molar-refractivity contribution in [3.63, 3.8) is 0 Å². The van der Waals surface area contributed by atoms with E-state index in [9.17, 15) is 4.79 Å². The first-order chi connectivity index (χ1) is 8.63. The van der Waals surface area contributed by atoms with Gasteiger partial charge in [-0.15, -0.1) is 0 Å². The molecule has 1 aliphatic heterocycles. The van der Waals surface area contributed by atoms with Crippen LogP contribution in [0, 0.1) is 0 Å². The van der Waals surface area contributed by atoms with Gasteiger partial charge in [0.15, 0.2) is 0 Å². The molecule has 1 N–H and O–H groups in total. The van der Waals surface area contributed by atoms with Crippen LogP contribution in [0.25, 0.3) is 0 Å². The molecule has 0 fully saturated rings. The highest BCUT2D eigenvalue weighted by Crippen LogP contribution is 2.36. The lowest BCUT2D eigenvalue weighted by molar-refractivity contribution is -0.127. The van der Waals surface area contributed by atoms with E-state index in [1.807, 2.05) is 0 Å². The molecule has 1 unspecified atom stereocenters. The summed E-state index contributed by atoms with van der Waals surface area (Å²) in [4.78, 5) is 13.0. The molecular formula is C14H26N2OS. The number of nitrogens with one attached hydrogen (secondary N) is 1. The Hall–Kier alpha value is -0.740. The standard InChI is InChI=1S/C14H26N2OS/c1-4-5-6-13-7-9-18(12-13)10-8-15-11-14(17)16(2)3/h7,9,12,15,18H,4-6,8,10-11H2,1-3H3. The van der Waals surface area contributed by atoms with Crippen LogP contribution in [-0.4, -0.2) is 43.7 Å². The maximum absolute atomic E-state index is 11.4. The minimum atomic E-state index is -0.0772. The topological polar surface area (TPSA) is 32.3 Å². The molecule has 3 nitrogen and oxygen atoms in total. The molecule has 0 saturated carbocycles. The third-order valence-electron chi connectivity index (χ3n) is 2.95. The Balaban J connectivity index is 2.12. The number of carbonyl (C=O) groups is 1. The van der Waals surface area contributed by atoms with Crippen molar-refractivity contribution in [1.82, 2.24) is 10.2 Å². The van der Waals surface area contributed by atoms with Gasteiger partial charge in [-0.05, 0) is 35.0 Å². The smallest absolute Gasteiger partial charge is 0.236 e. The fourth-order valence-corrected chi connectivity index (χ4v) is 3.52. The number of hydrogen-bond donors (Lipinski definition) is 2. The van der Waals surface area contributed by atoms with Crippen molar-refractivity contribution >= 4 is 16.8 Å². The van der Waals surface area contributed by atoms with Gasteiger partial charge in [0.25, 0.3) is 0 Å². The van der Waals surface area contributed by atoms with Crippen molar-refractivity contribution in [2.24, 2.45) is 0 Å². The molecule has 0 aromatic rings. The van der Waals surface area contributed by atoms with Crippen molar-refractivity contribution in [2.45, 2.75) is 26.2 Å². The lowest BCUT2D eigenvalue weighted by atomic mass is 10.1. The number of carbonyl (C=O) groups excluding carboxylic acids is 1. The van der Waals surface area contributed by atoms with Gasteiger partial charge in [0.2, 0.25) is 5.91 Å². The second kappa shape index (κ2) is 8.38. The summed E-state index contributed by atoms with van der Waals surface area (Å²) in [5.41, 5.74) is 1.51. The summed E-state index contributed by atoms with van der Waals surface area (Å²) >= 11 is 0. The van der Waals surface area contributed by atoms with Gasteiger partial charge in [0.05, 0.1) is 6.54 Å². The second-order valence-electron chi connectivity index (χ2n) is 4.83. The van der Waals surface area contributed by atoms with Crippen LogP contribution < -0.4 is 5.32 Å². The van der Waals surface area contributed by atoms with Crippen LogP contribution in [0.4, 0.5) is 0 Å². The molecule has 1 amide bonds. The summed E-state index contributed by atoms with van der Waals surface area (Å²) in [5, 5.41) is 7.99. The SMILES string of the molecule is CCCCC1=C[SH](CCNCC(=O)N(C)C)C=C1. The van der Waals surface area contributed by atoms with Crippen LogP contribution in [0.15, 0.2) is 22.5 Å². The summed E-state index contributed by atoms with van der Waals surface area (Å²) in [6.07, 6.45) is 6.05. The molecule has 0 aromatic heterocycles. The van der Waals surface area contributed by atoms with Gasteiger partial charge < -0.3 is 10.2 Å². The highest BCUT2D eigenvalue weighted by molar-refractivity contribution is 8.22. The molecule has 1 heterocycles. The third-order valence-corrected chi connectivity index (χ3v) is 4.89. The molecule has 1 atom stereocenters. The highest BCUT2D eigenvalue weighted by atomic mass is 32.2. The van der Waals surface area contributed by atoms with Crippen molar-refractivity contribution in [3.8, 4) is 0 Å². The molecule has 18 heavy (non-hydrogen) atoms. The van der Waals surface area contributed by atoms with E-state index < -0.39 is 0 Å². The summed E-state index contributed by atoms with van der Waals surface area (Å²) in [7, 11) is 3.50. The van der Waals surface area contributed by atoms with Crippen LogP contribution in [0.2, 0.25) is 0 Å². The average Bonchev–Trinajstić information content (AvgIpc) is 2.79. The average molecular weight is 270 g/mol. The number of unbranched alkanes of at least 4 members (excludes halogenated alkanes) is 1.